The van der Waals surface area contributed by atoms with Gasteiger partial charge >= 0.3 is 0 Å². The summed E-state index contributed by atoms with van der Waals surface area (Å²) in [7, 11) is 0. The third-order valence-corrected chi connectivity index (χ3v) is 5.06. The molecule has 1 N–H and O–H groups in total. The van der Waals surface area contributed by atoms with Crippen molar-refractivity contribution in [1.82, 2.24) is 10.3 Å². The number of rotatable bonds is 4. The van der Waals surface area contributed by atoms with E-state index in [2.05, 4.69) is 23.4 Å². The van der Waals surface area contributed by atoms with Crippen LogP contribution in [0.3, 0.4) is 0 Å². The molecule has 1 heterocycles. The minimum atomic E-state index is 0.742. The van der Waals surface area contributed by atoms with Gasteiger partial charge in [-0.05, 0) is 31.6 Å². The van der Waals surface area contributed by atoms with E-state index in [1.54, 1.807) is 0 Å². The van der Waals surface area contributed by atoms with Crippen molar-refractivity contribution in [3.63, 3.8) is 0 Å². The third-order valence-electron chi connectivity index (χ3n) is 3.90. The molecule has 16 heavy (non-hydrogen) atoms. The molecule has 2 fully saturated rings. The zero-order chi connectivity index (χ0) is 11.0. The molecule has 3 rings (SSSR count). The molecular weight excluding hydrogens is 216 g/mol. The second-order valence-electron chi connectivity index (χ2n) is 5.33. The minimum absolute atomic E-state index is 0.742. The van der Waals surface area contributed by atoms with Crippen molar-refractivity contribution in [2.75, 3.05) is 0 Å². The second-order valence-corrected chi connectivity index (χ2v) is 6.48. The number of thiazole rings is 1. The first-order chi connectivity index (χ1) is 7.83. The first-order valence-electron chi connectivity index (χ1n) is 6.51. The molecule has 0 saturated heterocycles. The Labute approximate surface area is 101 Å². The van der Waals surface area contributed by atoms with Crippen molar-refractivity contribution in [3.05, 3.63) is 16.1 Å². The molecule has 2 unspecified atom stereocenters. The molecule has 2 saturated carbocycles. The Morgan fingerprint density at radius 2 is 2.25 bits per heavy atom. The van der Waals surface area contributed by atoms with Gasteiger partial charge in [0.2, 0.25) is 0 Å². The van der Waals surface area contributed by atoms with Gasteiger partial charge in [0, 0.05) is 29.6 Å². The van der Waals surface area contributed by atoms with Crippen LogP contribution in [0.2, 0.25) is 0 Å². The molecule has 2 aliphatic carbocycles. The van der Waals surface area contributed by atoms with Gasteiger partial charge in [0.15, 0.2) is 0 Å². The summed E-state index contributed by atoms with van der Waals surface area (Å²) in [6, 6.07) is 0.742. The molecule has 2 atom stereocenters. The number of aromatic nitrogens is 1. The van der Waals surface area contributed by atoms with Gasteiger partial charge in [0.25, 0.3) is 0 Å². The highest BCUT2D eigenvalue weighted by molar-refractivity contribution is 7.11. The molecule has 0 amide bonds. The van der Waals surface area contributed by atoms with Crippen LogP contribution in [0.1, 0.15) is 54.8 Å². The average molecular weight is 236 g/mol. The highest BCUT2D eigenvalue weighted by Crippen LogP contribution is 2.41. The zero-order valence-corrected chi connectivity index (χ0v) is 10.7. The van der Waals surface area contributed by atoms with E-state index in [-0.39, 0.29) is 0 Å². The lowest BCUT2D eigenvalue weighted by Gasteiger charge is -2.16. The Morgan fingerprint density at radius 3 is 2.94 bits per heavy atom. The van der Waals surface area contributed by atoms with Crippen LogP contribution in [0.4, 0.5) is 0 Å². The maximum atomic E-state index is 4.52. The lowest BCUT2D eigenvalue weighted by Crippen LogP contribution is -2.30. The third kappa shape index (κ3) is 2.30. The maximum absolute atomic E-state index is 4.52. The van der Waals surface area contributed by atoms with Crippen LogP contribution in [-0.2, 0) is 6.54 Å². The highest BCUT2D eigenvalue weighted by atomic mass is 32.1. The molecule has 1 aromatic rings. The predicted molar refractivity (Wildman–Crippen MR) is 67.7 cm³/mol. The van der Waals surface area contributed by atoms with E-state index in [0.717, 1.165) is 24.4 Å². The summed E-state index contributed by atoms with van der Waals surface area (Å²) in [5.74, 6) is 1.67. The van der Waals surface area contributed by atoms with Gasteiger partial charge in [-0.2, -0.15) is 0 Å². The van der Waals surface area contributed by atoms with E-state index in [4.69, 9.17) is 0 Å². The largest absolute Gasteiger partial charge is 0.309 e. The van der Waals surface area contributed by atoms with E-state index in [0.29, 0.717) is 0 Å². The Kier molecular flexibility index (Phi) is 2.99. The van der Waals surface area contributed by atoms with Crippen molar-refractivity contribution < 1.29 is 0 Å². The first-order valence-corrected chi connectivity index (χ1v) is 7.32. The van der Waals surface area contributed by atoms with Crippen molar-refractivity contribution in [2.24, 2.45) is 5.92 Å². The summed E-state index contributed by atoms with van der Waals surface area (Å²) in [4.78, 5) is 5.94. The molecule has 0 aliphatic heterocycles. The number of nitrogens with zero attached hydrogens (tertiary/aromatic N) is 1. The molecular formula is C13H20N2S. The Morgan fingerprint density at radius 1 is 1.38 bits per heavy atom. The van der Waals surface area contributed by atoms with E-state index >= 15 is 0 Å². The van der Waals surface area contributed by atoms with Crippen molar-refractivity contribution in [3.8, 4) is 0 Å². The van der Waals surface area contributed by atoms with Crippen LogP contribution >= 0.6 is 11.3 Å². The fourth-order valence-electron chi connectivity index (χ4n) is 2.60. The fourth-order valence-corrected chi connectivity index (χ4v) is 3.64. The molecule has 0 bridgehead atoms. The highest BCUT2D eigenvalue weighted by Gasteiger charge is 2.27. The smallest absolute Gasteiger partial charge is 0.0959 e. The summed E-state index contributed by atoms with van der Waals surface area (Å²) in [5.41, 5.74) is 0. The maximum Gasteiger partial charge on any atom is 0.0959 e. The number of hydrogen-bond acceptors (Lipinski definition) is 3. The number of hydrogen-bond donors (Lipinski definition) is 1. The Hall–Kier alpha value is -0.410. The SMILES string of the molecule is CC1CCCC1NCc1cnc(C2CC2)s1. The van der Waals surface area contributed by atoms with Gasteiger partial charge in [-0.15, -0.1) is 11.3 Å². The van der Waals surface area contributed by atoms with Crippen molar-refractivity contribution in [2.45, 2.75) is 57.5 Å². The van der Waals surface area contributed by atoms with Crippen LogP contribution in [0.15, 0.2) is 6.20 Å². The van der Waals surface area contributed by atoms with E-state index in [1.807, 2.05) is 11.3 Å². The molecule has 0 spiro atoms. The van der Waals surface area contributed by atoms with E-state index in [9.17, 15) is 0 Å². The summed E-state index contributed by atoms with van der Waals surface area (Å²) in [5, 5.41) is 5.06. The molecule has 2 aliphatic rings. The molecule has 2 nitrogen and oxygen atoms in total. The van der Waals surface area contributed by atoms with Gasteiger partial charge < -0.3 is 5.32 Å². The number of nitrogens with one attached hydrogen (secondary N) is 1. The average Bonchev–Trinajstić information content (AvgIpc) is 2.89. The Balaban J connectivity index is 1.53. The summed E-state index contributed by atoms with van der Waals surface area (Å²) >= 11 is 1.91. The molecule has 0 radical (unpaired) electrons. The van der Waals surface area contributed by atoms with Gasteiger partial charge in [0.05, 0.1) is 5.01 Å². The van der Waals surface area contributed by atoms with E-state index in [1.165, 1.54) is 42.0 Å². The standard InChI is InChI=1S/C13H20N2S/c1-9-3-2-4-12(9)14-7-11-8-15-13(16-11)10-5-6-10/h8-10,12,14H,2-7H2,1H3. The lowest BCUT2D eigenvalue weighted by atomic mass is 10.1. The van der Waals surface area contributed by atoms with Gasteiger partial charge in [0.1, 0.15) is 0 Å². The predicted octanol–water partition coefficient (Wildman–Crippen LogP) is 3.30. The summed E-state index contributed by atoms with van der Waals surface area (Å²) < 4.78 is 0. The quantitative estimate of drug-likeness (QED) is 0.867. The first kappa shape index (κ1) is 10.7. The lowest BCUT2D eigenvalue weighted by molar-refractivity contribution is 0.427. The van der Waals surface area contributed by atoms with Gasteiger partial charge in [-0.25, -0.2) is 4.98 Å². The Bertz CT molecular complexity index is 357. The molecule has 3 heteroatoms. The van der Waals surface area contributed by atoms with Gasteiger partial charge in [-0.3, -0.25) is 0 Å². The minimum Gasteiger partial charge on any atom is -0.309 e. The van der Waals surface area contributed by atoms with Crippen LogP contribution in [0, 0.1) is 5.92 Å². The van der Waals surface area contributed by atoms with Crippen LogP contribution in [0.5, 0.6) is 0 Å². The summed E-state index contributed by atoms with van der Waals surface area (Å²) in [6.07, 6.45) is 8.95. The molecule has 88 valence electrons. The van der Waals surface area contributed by atoms with Crippen molar-refractivity contribution >= 4 is 11.3 Å². The normalized spacial score (nSPS) is 29.8. The van der Waals surface area contributed by atoms with Crippen LogP contribution < -0.4 is 5.32 Å². The van der Waals surface area contributed by atoms with E-state index < -0.39 is 0 Å². The molecule has 1 aromatic heterocycles. The zero-order valence-electron chi connectivity index (χ0n) is 9.91. The molecule has 0 aromatic carbocycles. The summed E-state index contributed by atoms with van der Waals surface area (Å²) in [6.45, 7) is 3.40. The second kappa shape index (κ2) is 4.46. The fraction of sp³-hybridized carbons (Fsp3) is 0.769. The van der Waals surface area contributed by atoms with Crippen LogP contribution in [0.25, 0.3) is 0 Å². The van der Waals surface area contributed by atoms with Gasteiger partial charge in [-0.1, -0.05) is 13.3 Å². The monoisotopic (exact) mass is 236 g/mol. The topological polar surface area (TPSA) is 24.9 Å². The van der Waals surface area contributed by atoms with Crippen LogP contribution in [-0.4, -0.2) is 11.0 Å². The van der Waals surface area contributed by atoms with Crippen molar-refractivity contribution in [1.29, 1.82) is 0 Å².